The van der Waals surface area contributed by atoms with Crippen LogP contribution in [0.2, 0.25) is 0 Å². The lowest BCUT2D eigenvalue weighted by atomic mass is 9.89. The van der Waals surface area contributed by atoms with Crippen LogP contribution >= 0.6 is 0 Å². The summed E-state index contributed by atoms with van der Waals surface area (Å²) in [5.41, 5.74) is 11.4. The summed E-state index contributed by atoms with van der Waals surface area (Å²) in [6.45, 7) is 8.62. The van der Waals surface area contributed by atoms with Crippen LogP contribution in [0.4, 0.5) is 0 Å². The Labute approximate surface area is 116 Å². The zero-order valence-corrected chi connectivity index (χ0v) is 12.5. The van der Waals surface area contributed by atoms with Gasteiger partial charge in [-0.1, -0.05) is 6.07 Å². The van der Waals surface area contributed by atoms with Crippen LogP contribution in [0, 0.1) is 26.7 Å². The van der Waals surface area contributed by atoms with Crippen molar-refractivity contribution in [1.29, 1.82) is 0 Å². The van der Waals surface area contributed by atoms with Gasteiger partial charge in [-0.3, -0.25) is 0 Å². The van der Waals surface area contributed by atoms with E-state index in [9.17, 15) is 0 Å². The molecular weight excluding hydrogens is 236 g/mol. The first-order valence-electron chi connectivity index (χ1n) is 7.15. The van der Waals surface area contributed by atoms with Crippen molar-refractivity contribution < 1.29 is 4.74 Å². The molecule has 3 nitrogen and oxygen atoms in total. The number of benzene rings is 1. The van der Waals surface area contributed by atoms with E-state index in [1.165, 1.54) is 28.7 Å². The van der Waals surface area contributed by atoms with Crippen molar-refractivity contribution in [3.05, 3.63) is 28.3 Å². The first-order chi connectivity index (χ1) is 9.04. The smallest absolute Gasteiger partial charge is 0.124 e. The molecule has 1 saturated heterocycles. The SMILES string of the molecule is COc1c(C)cc(C(N)CC2CCNC2)c(C)c1C. The summed E-state index contributed by atoms with van der Waals surface area (Å²) in [6.07, 6.45) is 2.32. The van der Waals surface area contributed by atoms with Crippen molar-refractivity contribution in [2.75, 3.05) is 20.2 Å². The van der Waals surface area contributed by atoms with Crippen molar-refractivity contribution in [1.82, 2.24) is 5.32 Å². The van der Waals surface area contributed by atoms with Gasteiger partial charge in [-0.15, -0.1) is 0 Å². The molecule has 3 heteroatoms. The zero-order chi connectivity index (χ0) is 14.0. The molecule has 0 spiro atoms. The quantitative estimate of drug-likeness (QED) is 0.877. The van der Waals surface area contributed by atoms with Gasteiger partial charge in [0.25, 0.3) is 0 Å². The number of hydrogen-bond acceptors (Lipinski definition) is 3. The molecule has 0 radical (unpaired) electrons. The molecule has 1 aliphatic heterocycles. The maximum atomic E-state index is 6.44. The topological polar surface area (TPSA) is 47.3 Å². The number of rotatable bonds is 4. The van der Waals surface area contributed by atoms with Crippen LogP contribution in [0.1, 0.15) is 41.1 Å². The monoisotopic (exact) mass is 262 g/mol. The third-order valence-corrected chi connectivity index (χ3v) is 4.42. The Kier molecular flexibility index (Phi) is 4.48. The molecule has 1 aromatic rings. The van der Waals surface area contributed by atoms with Crippen LogP contribution in [-0.4, -0.2) is 20.2 Å². The van der Waals surface area contributed by atoms with E-state index in [0.29, 0.717) is 0 Å². The van der Waals surface area contributed by atoms with Crippen LogP contribution in [-0.2, 0) is 0 Å². The zero-order valence-electron chi connectivity index (χ0n) is 12.5. The third-order valence-electron chi connectivity index (χ3n) is 4.42. The molecule has 1 heterocycles. The Morgan fingerprint density at radius 1 is 1.37 bits per heavy atom. The molecule has 2 unspecified atom stereocenters. The lowest BCUT2D eigenvalue weighted by Crippen LogP contribution is -2.19. The van der Waals surface area contributed by atoms with E-state index < -0.39 is 0 Å². The van der Waals surface area contributed by atoms with Gasteiger partial charge in [0.05, 0.1) is 7.11 Å². The maximum absolute atomic E-state index is 6.44. The van der Waals surface area contributed by atoms with Crippen molar-refractivity contribution in [2.45, 2.75) is 39.7 Å². The maximum Gasteiger partial charge on any atom is 0.124 e. The van der Waals surface area contributed by atoms with Crippen molar-refractivity contribution >= 4 is 0 Å². The molecule has 2 atom stereocenters. The van der Waals surface area contributed by atoms with Gasteiger partial charge in [0.2, 0.25) is 0 Å². The minimum absolute atomic E-state index is 0.133. The van der Waals surface area contributed by atoms with E-state index in [4.69, 9.17) is 10.5 Å². The lowest BCUT2D eigenvalue weighted by molar-refractivity contribution is 0.407. The number of aryl methyl sites for hydroxylation is 1. The molecule has 0 aliphatic carbocycles. The van der Waals surface area contributed by atoms with Crippen LogP contribution in [0.5, 0.6) is 5.75 Å². The highest BCUT2D eigenvalue weighted by atomic mass is 16.5. The van der Waals surface area contributed by atoms with E-state index in [1.54, 1.807) is 7.11 Å². The molecule has 3 N–H and O–H groups in total. The fourth-order valence-electron chi connectivity index (χ4n) is 3.19. The molecule has 106 valence electrons. The normalized spacial score (nSPS) is 20.6. The third kappa shape index (κ3) is 2.93. The summed E-state index contributed by atoms with van der Waals surface area (Å²) in [7, 11) is 1.73. The molecule has 0 aromatic heterocycles. The minimum Gasteiger partial charge on any atom is -0.496 e. The Morgan fingerprint density at radius 2 is 2.11 bits per heavy atom. The average molecular weight is 262 g/mol. The van der Waals surface area contributed by atoms with Gasteiger partial charge in [0.15, 0.2) is 0 Å². The van der Waals surface area contributed by atoms with E-state index in [1.807, 2.05) is 0 Å². The number of ether oxygens (including phenoxy) is 1. The Morgan fingerprint density at radius 3 is 2.68 bits per heavy atom. The van der Waals surface area contributed by atoms with Gasteiger partial charge in [-0.2, -0.15) is 0 Å². The standard InChI is InChI=1S/C16H26N2O/c1-10-7-14(11(2)12(3)16(10)19-4)15(17)8-13-5-6-18-9-13/h7,13,15,18H,5-6,8-9,17H2,1-4H3. The molecule has 0 saturated carbocycles. The molecule has 0 bridgehead atoms. The van der Waals surface area contributed by atoms with Crippen LogP contribution in [0.25, 0.3) is 0 Å². The summed E-state index contributed by atoms with van der Waals surface area (Å²) in [5, 5.41) is 3.41. The number of nitrogens with two attached hydrogens (primary N) is 1. The number of hydrogen-bond donors (Lipinski definition) is 2. The van der Waals surface area contributed by atoms with E-state index in [2.05, 4.69) is 32.2 Å². The summed E-state index contributed by atoms with van der Waals surface area (Å²) in [6, 6.07) is 2.34. The predicted molar refractivity (Wildman–Crippen MR) is 79.7 cm³/mol. The molecular formula is C16H26N2O. The highest BCUT2D eigenvalue weighted by molar-refractivity contribution is 5.49. The van der Waals surface area contributed by atoms with Gasteiger partial charge in [0, 0.05) is 6.04 Å². The second-order valence-electron chi connectivity index (χ2n) is 5.77. The molecule has 2 rings (SSSR count). The van der Waals surface area contributed by atoms with Gasteiger partial charge in [0.1, 0.15) is 5.75 Å². The van der Waals surface area contributed by atoms with Gasteiger partial charge in [-0.25, -0.2) is 0 Å². The summed E-state index contributed by atoms with van der Waals surface area (Å²) in [5.74, 6) is 1.72. The molecule has 19 heavy (non-hydrogen) atoms. The van der Waals surface area contributed by atoms with Crippen LogP contribution in [0.3, 0.4) is 0 Å². The summed E-state index contributed by atoms with van der Waals surface area (Å²) in [4.78, 5) is 0. The molecule has 0 amide bonds. The van der Waals surface area contributed by atoms with Crippen molar-refractivity contribution in [3.8, 4) is 5.75 Å². The highest BCUT2D eigenvalue weighted by Crippen LogP contribution is 2.33. The van der Waals surface area contributed by atoms with Crippen molar-refractivity contribution in [2.24, 2.45) is 11.7 Å². The first kappa shape index (κ1) is 14.4. The second kappa shape index (κ2) is 5.93. The number of nitrogens with one attached hydrogen (secondary N) is 1. The summed E-state index contributed by atoms with van der Waals surface area (Å²) >= 11 is 0. The summed E-state index contributed by atoms with van der Waals surface area (Å²) < 4.78 is 5.47. The van der Waals surface area contributed by atoms with Gasteiger partial charge < -0.3 is 15.8 Å². The fraction of sp³-hybridized carbons (Fsp3) is 0.625. The van der Waals surface area contributed by atoms with Gasteiger partial charge in [-0.05, 0) is 74.9 Å². The highest BCUT2D eigenvalue weighted by Gasteiger charge is 2.21. The van der Waals surface area contributed by atoms with E-state index >= 15 is 0 Å². The Hall–Kier alpha value is -1.06. The van der Waals surface area contributed by atoms with Crippen LogP contribution in [0.15, 0.2) is 6.07 Å². The average Bonchev–Trinajstić information content (AvgIpc) is 2.87. The second-order valence-corrected chi connectivity index (χ2v) is 5.77. The minimum atomic E-state index is 0.133. The first-order valence-corrected chi connectivity index (χ1v) is 7.15. The largest absolute Gasteiger partial charge is 0.496 e. The Balaban J connectivity index is 2.23. The predicted octanol–water partition coefficient (Wildman–Crippen LogP) is 2.62. The van der Waals surface area contributed by atoms with Crippen molar-refractivity contribution in [3.63, 3.8) is 0 Å². The lowest BCUT2D eigenvalue weighted by Gasteiger charge is -2.22. The van der Waals surface area contributed by atoms with E-state index in [0.717, 1.165) is 31.2 Å². The Bertz CT molecular complexity index is 451. The molecule has 1 fully saturated rings. The van der Waals surface area contributed by atoms with Gasteiger partial charge >= 0.3 is 0 Å². The van der Waals surface area contributed by atoms with E-state index in [-0.39, 0.29) is 6.04 Å². The van der Waals surface area contributed by atoms with Crippen LogP contribution < -0.4 is 15.8 Å². The molecule has 1 aromatic carbocycles. The molecule has 1 aliphatic rings. The number of methoxy groups -OCH3 is 1. The fourth-order valence-corrected chi connectivity index (χ4v) is 3.19.